The van der Waals surface area contributed by atoms with Gasteiger partial charge in [0.2, 0.25) is 0 Å². The summed E-state index contributed by atoms with van der Waals surface area (Å²) in [5, 5.41) is 0. The quantitative estimate of drug-likeness (QED) is 0.875. The van der Waals surface area contributed by atoms with Gasteiger partial charge in [0.05, 0.1) is 5.54 Å². The molecule has 1 aromatic rings. The molecule has 1 rings (SSSR count). The molecule has 0 heterocycles. The third kappa shape index (κ3) is 4.52. The van der Waals surface area contributed by atoms with Gasteiger partial charge >= 0.3 is 6.36 Å². The predicted molar refractivity (Wildman–Crippen MR) is 69.3 cm³/mol. The van der Waals surface area contributed by atoms with Crippen LogP contribution in [0.2, 0.25) is 0 Å². The molecule has 6 heteroatoms. The van der Waals surface area contributed by atoms with E-state index in [1.807, 2.05) is 13.8 Å². The number of ketones is 1. The molecule has 0 unspecified atom stereocenters. The molecule has 0 spiro atoms. The molecule has 0 aliphatic heterocycles. The lowest BCUT2D eigenvalue weighted by Gasteiger charge is -2.24. The lowest BCUT2D eigenvalue weighted by Crippen LogP contribution is -2.47. The van der Waals surface area contributed by atoms with Crippen LogP contribution >= 0.6 is 0 Å². The second-order valence-corrected chi connectivity index (χ2v) is 4.65. The fourth-order valence-electron chi connectivity index (χ4n) is 1.81. The zero-order valence-electron chi connectivity index (χ0n) is 11.5. The molecule has 0 aliphatic rings. The Labute approximate surface area is 115 Å². The third-order valence-electron chi connectivity index (χ3n) is 3.34. The number of ether oxygens (including phenoxy) is 1. The Morgan fingerprint density at radius 1 is 1.15 bits per heavy atom. The molecule has 0 bridgehead atoms. The summed E-state index contributed by atoms with van der Waals surface area (Å²) >= 11 is 0. The summed E-state index contributed by atoms with van der Waals surface area (Å²) in [6.07, 6.45) is -3.56. The van der Waals surface area contributed by atoms with E-state index in [9.17, 15) is 18.0 Å². The summed E-state index contributed by atoms with van der Waals surface area (Å²) < 4.78 is 39.8. The molecule has 1 aromatic carbocycles. The average molecular weight is 289 g/mol. The molecular weight excluding hydrogens is 271 g/mol. The predicted octanol–water partition coefficient (Wildman–Crippen LogP) is 3.21. The molecule has 0 aromatic heterocycles. The van der Waals surface area contributed by atoms with E-state index in [1.54, 1.807) is 0 Å². The van der Waals surface area contributed by atoms with E-state index in [0.29, 0.717) is 18.4 Å². The minimum atomic E-state index is -4.71. The van der Waals surface area contributed by atoms with Crippen LogP contribution in [0, 0.1) is 0 Å². The first-order valence-corrected chi connectivity index (χ1v) is 6.37. The Hall–Kier alpha value is -1.56. The van der Waals surface area contributed by atoms with Crippen LogP contribution in [-0.4, -0.2) is 17.7 Å². The number of alkyl halides is 3. The minimum Gasteiger partial charge on any atom is -0.406 e. The van der Waals surface area contributed by atoms with Gasteiger partial charge in [-0.2, -0.15) is 0 Å². The van der Waals surface area contributed by atoms with Crippen molar-refractivity contribution in [3.8, 4) is 5.75 Å². The van der Waals surface area contributed by atoms with Crippen LogP contribution in [0.4, 0.5) is 13.2 Å². The highest BCUT2D eigenvalue weighted by atomic mass is 19.4. The van der Waals surface area contributed by atoms with E-state index >= 15 is 0 Å². The Morgan fingerprint density at radius 3 is 2.05 bits per heavy atom. The van der Waals surface area contributed by atoms with Crippen molar-refractivity contribution in [1.82, 2.24) is 0 Å². The molecule has 0 atom stereocenters. The van der Waals surface area contributed by atoms with Crippen molar-refractivity contribution in [2.75, 3.05) is 0 Å². The van der Waals surface area contributed by atoms with Gasteiger partial charge in [-0.15, -0.1) is 13.2 Å². The van der Waals surface area contributed by atoms with E-state index in [-0.39, 0.29) is 18.0 Å². The summed E-state index contributed by atoms with van der Waals surface area (Å²) in [6.45, 7) is 3.67. The van der Waals surface area contributed by atoms with Gasteiger partial charge in [-0.25, -0.2) is 0 Å². The topological polar surface area (TPSA) is 52.3 Å². The Kier molecular flexibility index (Phi) is 5.16. The van der Waals surface area contributed by atoms with Crippen molar-refractivity contribution in [1.29, 1.82) is 0 Å². The fourth-order valence-corrected chi connectivity index (χ4v) is 1.81. The molecule has 0 saturated carbocycles. The summed E-state index contributed by atoms with van der Waals surface area (Å²) in [6, 6.07) is 5.24. The molecular formula is C14H18F3NO2. The fraction of sp³-hybridized carbons (Fsp3) is 0.500. The molecule has 112 valence electrons. The van der Waals surface area contributed by atoms with Gasteiger partial charge in [0.1, 0.15) is 5.75 Å². The average Bonchev–Trinajstić information content (AvgIpc) is 2.38. The highest BCUT2D eigenvalue weighted by Crippen LogP contribution is 2.23. The van der Waals surface area contributed by atoms with Gasteiger partial charge in [0, 0.05) is 6.42 Å². The first-order valence-electron chi connectivity index (χ1n) is 6.37. The minimum absolute atomic E-state index is 0.102. The van der Waals surface area contributed by atoms with E-state index < -0.39 is 11.9 Å². The van der Waals surface area contributed by atoms with Crippen LogP contribution in [0.15, 0.2) is 24.3 Å². The van der Waals surface area contributed by atoms with Crippen molar-refractivity contribution >= 4 is 5.78 Å². The maximum absolute atomic E-state index is 12.1. The lowest BCUT2D eigenvalue weighted by molar-refractivity contribution is -0.274. The van der Waals surface area contributed by atoms with E-state index in [1.165, 1.54) is 24.3 Å². The van der Waals surface area contributed by atoms with E-state index in [2.05, 4.69) is 4.74 Å². The van der Waals surface area contributed by atoms with Crippen LogP contribution in [0.25, 0.3) is 0 Å². The van der Waals surface area contributed by atoms with Crippen molar-refractivity contribution in [2.45, 2.75) is 45.0 Å². The summed E-state index contributed by atoms with van der Waals surface area (Å²) in [5.74, 6) is -0.425. The molecule has 0 aliphatic carbocycles. The van der Waals surface area contributed by atoms with Crippen LogP contribution < -0.4 is 10.5 Å². The van der Waals surface area contributed by atoms with Gasteiger partial charge in [-0.1, -0.05) is 26.0 Å². The summed E-state index contributed by atoms with van der Waals surface area (Å²) in [5.41, 5.74) is 5.72. The van der Waals surface area contributed by atoms with Gasteiger partial charge in [-0.3, -0.25) is 4.79 Å². The maximum Gasteiger partial charge on any atom is 0.573 e. The Bertz CT molecular complexity index is 450. The summed E-state index contributed by atoms with van der Waals surface area (Å²) in [4.78, 5) is 12.1. The molecule has 20 heavy (non-hydrogen) atoms. The van der Waals surface area contributed by atoms with Gasteiger partial charge in [-0.05, 0) is 30.5 Å². The molecule has 0 saturated heterocycles. The molecule has 3 nitrogen and oxygen atoms in total. The number of Topliss-reactive ketones (excluding diaryl/α,β-unsaturated/α-hetero) is 1. The first kappa shape index (κ1) is 16.5. The Morgan fingerprint density at radius 2 is 1.65 bits per heavy atom. The second-order valence-electron chi connectivity index (χ2n) is 4.65. The standard InChI is InChI=1S/C14H18F3NO2/c1-3-13(18,4-2)12(19)9-10-5-7-11(8-6-10)20-14(15,16)17/h5-8H,3-4,9,18H2,1-2H3. The van der Waals surface area contributed by atoms with Gasteiger partial charge in [0.25, 0.3) is 0 Å². The normalized spacial score (nSPS) is 12.3. The van der Waals surface area contributed by atoms with Gasteiger partial charge in [0.15, 0.2) is 5.78 Å². The third-order valence-corrected chi connectivity index (χ3v) is 3.34. The molecule has 2 N–H and O–H groups in total. The van der Waals surface area contributed by atoms with Crippen molar-refractivity contribution < 1.29 is 22.7 Å². The number of carbonyl (C=O) groups excluding carboxylic acids is 1. The monoisotopic (exact) mass is 289 g/mol. The first-order chi connectivity index (χ1) is 9.20. The zero-order chi connectivity index (χ0) is 15.4. The van der Waals surface area contributed by atoms with Crippen molar-refractivity contribution in [2.24, 2.45) is 5.73 Å². The van der Waals surface area contributed by atoms with Gasteiger partial charge < -0.3 is 10.5 Å². The number of carbonyl (C=O) groups is 1. The lowest BCUT2D eigenvalue weighted by atomic mass is 9.86. The van der Waals surface area contributed by atoms with E-state index in [0.717, 1.165) is 0 Å². The smallest absolute Gasteiger partial charge is 0.406 e. The second kappa shape index (κ2) is 6.26. The van der Waals surface area contributed by atoms with E-state index in [4.69, 9.17) is 5.73 Å². The van der Waals surface area contributed by atoms with Crippen LogP contribution in [-0.2, 0) is 11.2 Å². The molecule has 0 fully saturated rings. The number of halogens is 3. The largest absolute Gasteiger partial charge is 0.573 e. The number of nitrogens with two attached hydrogens (primary N) is 1. The highest BCUT2D eigenvalue weighted by molar-refractivity contribution is 5.89. The number of hydrogen-bond donors (Lipinski definition) is 1. The van der Waals surface area contributed by atoms with Crippen molar-refractivity contribution in [3.05, 3.63) is 29.8 Å². The zero-order valence-corrected chi connectivity index (χ0v) is 11.5. The Balaban J connectivity index is 2.73. The van der Waals surface area contributed by atoms with Crippen LogP contribution in [0.3, 0.4) is 0 Å². The number of benzene rings is 1. The molecule has 0 amide bonds. The van der Waals surface area contributed by atoms with Crippen LogP contribution in [0.5, 0.6) is 5.75 Å². The highest BCUT2D eigenvalue weighted by Gasteiger charge is 2.31. The van der Waals surface area contributed by atoms with Crippen LogP contribution in [0.1, 0.15) is 32.3 Å². The maximum atomic E-state index is 12.1. The SMILES string of the molecule is CCC(N)(CC)C(=O)Cc1ccc(OC(F)(F)F)cc1. The summed E-state index contributed by atoms with van der Waals surface area (Å²) in [7, 11) is 0. The number of rotatable bonds is 6. The molecule has 0 radical (unpaired) electrons. The van der Waals surface area contributed by atoms with Crippen molar-refractivity contribution in [3.63, 3.8) is 0 Å². The number of hydrogen-bond acceptors (Lipinski definition) is 3.